The van der Waals surface area contributed by atoms with Gasteiger partial charge in [0, 0.05) is 14.7 Å². The summed E-state index contributed by atoms with van der Waals surface area (Å²) in [6.07, 6.45) is 0. The molecule has 0 atom stereocenters. The van der Waals surface area contributed by atoms with E-state index in [1.54, 1.807) is 28.2 Å². The van der Waals surface area contributed by atoms with Gasteiger partial charge in [0.2, 0.25) is 0 Å². The first-order valence-corrected chi connectivity index (χ1v) is 7.10. The van der Waals surface area contributed by atoms with Crippen molar-refractivity contribution >= 4 is 44.3 Å². The van der Waals surface area contributed by atoms with Crippen LogP contribution in [0, 0.1) is 0 Å². The first-order chi connectivity index (χ1) is 9.13. The molecule has 0 saturated heterocycles. The monoisotopic (exact) mass is 337 g/mol. The van der Waals surface area contributed by atoms with Crippen LogP contribution < -0.4 is 0 Å². The Labute approximate surface area is 120 Å². The number of aromatic carboxylic acids is 1. The van der Waals surface area contributed by atoms with Gasteiger partial charge < -0.3 is 5.11 Å². The highest BCUT2D eigenvalue weighted by Crippen LogP contribution is 2.22. The SMILES string of the molecule is O=C(O)c1ccc2c(c1)nnn2Cc1cc(Br)cs1. The third-order valence-electron chi connectivity index (χ3n) is 2.69. The van der Waals surface area contributed by atoms with E-state index >= 15 is 0 Å². The largest absolute Gasteiger partial charge is 0.478 e. The highest BCUT2D eigenvalue weighted by atomic mass is 79.9. The number of hydrogen-bond donors (Lipinski definition) is 1. The van der Waals surface area contributed by atoms with E-state index in [0.717, 1.165) is 14.9 Å². The lowest BCUT2D eigenvalue weighted by Crippen LogP contribution is -2.00. The lowest BCUT2D eigenvalue weighted by molar-refractivity contribution is 0.0697. The summed E-state index contributed by atoms with van der Waals surface area (Å²) >= 11 is 5.05. The molecule has 7 heteroatoms. The van der Waals surface area contributed by atoms with Gasteiger partial charge >= 0.3 is 5.97 Å². The van der Waals surface area contributed by atoms with E-state index in [4.69, 9.17) is 5.11 Å². The Morgan fingerprint density at radius 3 is 2.95 bits per heavy atom. The quantitative estimate of drug-likeness (QED) is 0.797. The first-order valence-electron chi connectivity index (χ1n) is 5.43. The van der Waals surface area contributed by atoms with Gasteiger partial charge in [-0.25, -0.2) is 9.48 Å². The summed E-state index contributed by atoms with van der Waals surface area (Å²) in [5, 5.41) is 19.0. The maximum absolute atomic E-state index is 10.9. The fourth-order valence-electron chi connectivity index (χ4n) is 1.81. The molecule has 0 bridgehead atoms. The van der Waals surface area contributed by atoms with Gasteiger partial charge in [-0.15, -0.1) is 16.4 Å². The topological polar surface area (TPSA) is 68.0 Å². The number of benzene rings is 1. The van der Waals surface area contributed by atoms with Crippen LogP contribution in [0.3, 0.4) is 0 Å². The zero-order valence-electron chi connectivity index (χ0n) is 9.58. The van der Waals surface area contributed by atoms with Crippen molar-refractivity contribution in [2.45, 2.75) is 6.54 Å². The van der Waals surface area contributed by atoms with Gasteiger partial charge in [-0.1, -0.05) is 5.21 Å². The Balaban J connectivity index is 1.99. The molecule has 0 spiro atoms. The highest BCUT2D eigenvalue weighted by Gasteiger charge is 2.10. The third-order valence-corrected chi connectivity index (χ3v) is 4.37. The van der Waals surface area contributed by atoms with Crippen molar-refractivity contribution in [2.75, 3.05) is 0 Å². The van der Waals surface area contributed by atoms with Gasteiger partial charge in [0.1, 0.15) is 5.52 Å². The van der Waals surface area contributed by atoms with Crippen LogP contribution in [0.25, 0.3) is 11.0 Å². The molecule has 0 radical (unpaired) electrons. The molecular weight excluding hydrogens is 330 g/mol. The number of aromatic nitrogens is 3. The van der Waals surface area contributed by atoms with Crippen molar-refractivity contribution < 1.29 is 9.90 Å². The summed E-state index contributed by atoms with van der Waals surface area (Å²) < 4.78 is 2.81. The molecule has 1 N–H and O–H groups in total. The molecule has 1 aromatic carbocycles. The molecule has 0 aliphatic carbocycles. The van der Waals surface area contributed by atoms with Gasteiger partial charge in [-0.2, -0.15) is 0 Å². The maximum atomic E-state index is 10.9. The van der Waals surface area contributed by atoms with E-state index in [0.29, 0.717) is 12.1 Å². The van der Waals surface area contributed by atoms with E-state index in [1.165, 1.54) is 6.07 Å². The summed E-state index contributed by atoms with van der Waals surface area (Å²) in [4.78, 5) is 12.0. The number of rotatable bonds is 3. The second-order valence-corrected chi connectivity index (χ2v) is 5.90. The summed E-state index contributed by atoms with van der Waals surface area (Å²) in [5.74, 6) is -0.960. The zero-order chi connectivity index (χ0) is 13.4. The summed E-state index contributed by atoms with van der Waals surface area (Å²) in [7, 11) is 0. The van der Waals surface area contributed by atoms with Crippen molar-refractivity contribution in [1.82, 2.24) is 15.0 Å². The molecular formula is C12H8BrN3O2S. The van der Waals surface area contributed by atoms with Crippen LogP contribution in [0.15, 0.2) is 34.1 Å². The van der Waals surface area contributed by atoms with E-state index in [-0.39, 0.29) is 5.56 Å². The average molecular weight is 338 g/mol. The van der Waals surface area contributed by atoms with Crippen LogP contribution in [0.1, 0.15) is 15.2 Å². The summed E-state index contributed by atoms with van der Waals surface area (Å²) in [6, 6.07) is 6.87. The second kappa shape index (κ2) is 4.75. The third kappa shape index (κ3) is 2.39. The second-order valence-electron chi connectivity index (χ2n) is 3.99. The van der Waals surface area contributed by atoms with Crippen molar-refractivity contribution in [2.24, 2.45) is 0 Å². The van der Waals surface area contributed by atoms with Crippen LogP contribution in [-0.4, -0.2) is 26.1 Å². The van der Waals surface area contributed by atoms with E-state index in [9.17, 15) is 4.79 Å². The zero-order valence-corrected chi connectivity index (χ0v) is 12.0. The minimum absolute atomic E-state index is 0.221. The Bertz CT molecular complexity index is 765. The minimum atomic E-state index is -0.960. The van der Waals surface area contributed by atoms with Gasteiger partial charge in [0.05, 0.1) is 17.6 Å². The molecule has 2 heterocycles. The standard InChI is InChI=1S/C12H8BrN3O2S/c13-8-4-9(19-6-8)5-16-11-2-1-7(12(17)18)3-10(11)14-15-16/h1-4,6H,5H2,(H,17,18). The Morgan fingerprint density at radius 1 is 1.42 bits per heavy atom. The summed E-state index contributed by atoms with van der Waals surface area (Å²) in [6.45, 7) is 0.624. The minimum Gasteiger partial charge on any atom is -0.478 e. The molecule has 0 aliphatic heterocycles. The van der Waals surface area contributed by atoms with Crippen molar-refractivity contribution in [1.29, 1.82) is 0 Å². The number of thiophene rings is 1. The van der Waals surface area contributed by atoms with Gasteiger partial charge in [0.25, 0.3) is 0 Å². The molecule has 96 valence electrons. The normalized spacial score (nSPS) is 11.0. The molecule has 19 heavy (non-hydrogen) atoms. The van der Waals surface area contributed by atoms with E-state index in [2.05, 4.69) is 26.2 Å². The highest BCUT2D eigenvalue weighted by molar-refractivity contribution is 9.10. The van der Waals surface area contributed by atoms with Crippen LogP contribution in [0.5, 0.6) is 0 Å². The number of halogens is 1. The molecule has 3 rings (SSSR count). The number of nitrogens with zero attached hydrogens (tertiary/aromatic N) is 3. The number of carboxylic acids is 1. The number of fused-ring (bicyclic) bond motifs is 1. The van der Waals surface area contributed by atoms with Crippen molar-refractivity contribution in [3.8, 4) is 0 Å². The van der Waals surface area contributed by atoms with E-state index < -0.39 is 5.97 Å². The van der Waals surface area contributed by atoms with Crippen molar-refractivity contribution in [3.05, 3.63) is 44.6 Å². The fraction of sp³-hybridized carbons (Fsp3) is 0.0833. The molecule has 5 nitrogen and oxygen atoms in total. The Hall–Kier alpha value is -1.73. The van der Waals surface area contributed by atoms with Crippen LogP contribution in [0.4, 0.5) is 0 Å². The molecule has 0 fully saturated rings. The predicted molar refractivity (Wildman–Crippen MR) is 75.6 cm³/mol. The maximum Gasteiger partial charge on any atom is 0.335 e. The van der Waals surface area contributed by atoms with Gasteiger partial charge in [-0.3, -0.25) is 0 Å². The molecule has 3 aromatic rings. The Kier molecular flexibility index (Phi) is 3.08. The first kappa shape index (κ1) is 12.3. The Morgan fingerprint density at radius 2 is 2.26 bits per heavy atom. The molecule has 0 saturated carbocycles. The molecule has 0 aliphatic rings. The lowest BCUT2D eigenvalue weighted by Gasteiger charge is -1.99. The fourth-order valence-corrected chi connectivity index (χ4v) is 3.24. The van der Waals surface area contributed by atoms with Crippen molar-refractivity contribution in [3.63, 3.8) is 0 Å². The smallest absolute Gasteiger partial charge is 0.335 e. The van der Waals surface area contributed by atoms with Gasteiger partial charge in [0.15, 0.2) is 0 Å². The number of carbonyl (C=O) groups is 1. The molecule has 0 unspecified atom stereocenters. The van der Waals surface area contributed by atoms with Crippen LogP contribution in [0.2, 0.25) is 0 Å². The lowest BCUT2D eigenvalue weighted by atomic mass is 10.2. The van der Waals surface area contributed by atoms with Crippen LogP contribution in [-0.2, 0) is 6.54 Å². The number of hydrogen-bond acceptors (Lipinski definition) is 4. The van der Waals surface area contributed by atoms with Crippen LogP contribution >= 0.6 is 27.3 Å². The molecule has 2 aromatic heterocycles. The predicted octanol–water partition coefficient (Wildman–Crippen LogP) is 3.00. The van der Waals surface area contributed by atoms with E-state index in [1.807, 2.05) is 11.4 Å². The summed E-state index contributed by atoms with van der Waals surface area (Å²) in [5.41, 5.74) is 1.64. The average Bonchev–Trinajstić information content (AvgIpc) is 2.96. The molecule has 0 amide bonds. The number of carboxylic acid groups (broad SMARTS) is 1. The van der Waals surface area contributed by atoms with Gasteiger partial charge in [-0.05, 0) is 40.2 Å².